The molecule has 0 bridgehead atoms. The summed E-state index contributed by atoms with van der Waals surface area (Å²) in [6.45, 7) is 4.09. The van der Waals surface area contributed by atoms with E-state index in [2.05, 4.69) is 17.1 Å². The van der Waals surface area contributed by atoms with Crippen LogP contribution >= 0.6 is 0 Å². The van der Waals surface area contributed by atoms with Crippen LogP contribution in [0.2, 0.25) is 0 Å². The zero-order valence-corrected chi connectivity index (χ0v) is 5.76. The van der Waals surface area contributed by atoms with Crippen molar-refractivity contribution in [2.75, 3.05) is 0 Å². The van der Waals surface area contributed by atoms with Crippen molar-refractivity contribution >= 4 is 0 Å². The fraction of sp³-hybridized carbons (Fsp3) is 0.429. The Bertz CT molecular complexity index is 196. The summed E-state index contributed by atoms with van der Waals surface area (Å²) in [5.41, 5.74) is 2.32. The molecule has 0 aliphatic carbocycles. The maximum atomic E-state index is 3.90. The van der Waals surface area contributed by atoms with Gasteiger partial charge in [0.15, 0.2) is 0 Å². The molecule has 2 heteroatoms. The van der Waals surface area contributed by atoms with Crippen LogP contribution in [-0.2, 0) is 6.42 Å². The lowest BCUT2D eigenvalue weighted by Gasteiger charge is -1.96. The van der Waals surface area contributed by atoms with E-state index >= 15 is 0 Å². The summed E-state index contributed by atoms with van der Waals surface area (Å²) in [6, 6.07) is 2.00. The molecule has 48 valence electrons. The van der Waals surface area contributed by atoms with Crippen LogP contribution < -0.4 is 0 Å². The van der Waals surface area contributed by atoms with Crippen LogP contribution in [0.25, 0.3) is 0 Å². The lowest BCUT2D eigenvalue weighted by Crippen LogP contribution is -1.91. The first-order valence-electron chi connectivity index (χ1n) is 3.11. The van der Waals surface area contributed by atoms with Crippen LogP contribution in [0.1, 0.15) is 18.2 Å². The molecule has 0 amide bonds. The Labute approximate surface area is 54.9 Å². The molecule has 0 aromatic carbocycles. The summed E-state index contributed by atoms with van der Waals surface area (Å²) in [5.74, 6) is 0. The molecule has 0 aliphatic heterocycles. The molecule has 9 heavy (non-hydrogen) atoms. The lowest BCUT2D eigenvalue weighted by molar-refractivity contribution is 0.932. The largest absolute Gasteiger partial charge is 0.159 e. The first-order valence-corrected chi connectivity index (χ1v) is 3.11. The number of aryl methyl sites for hydroxylation is 2. The first-order chi connectivity index (χ1) is 4.34. The monoisotopic (exact) mass is 122 g/mol. The second-order valence-corrected chi connectivity index (χ2v) is 2.00. The fourth-order valence-corrected chi connectivity index (χ4v) is 0.802. The SMILES string of the molecule is CCc1ccnnc1C. The standard InChI is InChI=1S/C7H10N2/c1-3-7-4-5-8-9-6(7)2/h4-5H,3H2,1-2H3. The lowest BCUT2D eigenvalue weighted by atomic mass is 10.2. The van der Waals surface area contributed by atoms with Crippen LogP contribution in [0, 0.1) is 6.92 Å². The van der Waals surface area contributed by atoms with Crippen molar-refractivity contribution in [3.8, 4) is 0 Å². The van der Waals surface area contributed by atoms with Gasteiger partial charge in [0.1, 0.15) is 0 Å². The van der Waals surface area contributed by atoms with Gasteiger partial charge in [0.2, 0.25) is 0 Å². The van der Waals surface area contributed by atoms with E-state index in [-0.39, 0.29) is 0 Å². The average Bonchev–Trinajstić information content (AvgIpc) is 1.89. The molecule has 0 N–H and O–H groups in total. The predicted octanol–water partition coefficient (Wildman–Crippen LogP) is 1.35. The Morgan fingerprint density at radius 2 is 2.33 bits per heavy atom. The van der Waals surface area contributed by atoms with E-state index in [0.29, 0.717) is 0 Å². The van der Waals surface area contributed by atoms with E-state index in [9.17, 15) is 0 Å². The van der Waals surface area contributed by atoms with E-state index in [4.69, 9.17) is 0 Å². The van der Waals surface area contributed by atoms with Crippen LogP contribution in [-0.4, -0.2) is 10.2 Å². The van der Waals surface area contributed by atoms with Gasteiger partial charge in [-0.2, -0.15) is 10.2 Å². The second-order valence-electron chi connectivity index (χ2n) is 2.00. The quantitative estimate of drug-likeness (QED) is 0.562. The topological polar surface area (TPSA) is 25.8 Å². The van der Waals surface area contributed by atoms with E-state index in [0.717, 1.165) is 12.1 Å². The van der Waals surface area contributed by atoms with Crippen molar-refractivity contribution in [2.45, 2.75) is 20.3 Å². The smallest absolute Gasteiger partial charge is 0.0631 e. The zero-order valence-electron chi connectivity index (χ0n) is 5.76. The van der Waals surface area contributed by atoms with Gasteiger partial charge < -0.3 is 0 Å². The molecule has 0 atom stereocenters. The van der Waals surface area contributed by atoms with Crippen LogP contribution in [0.15, 0.2) is 12.3 Å². The van der Waals surface area contributed by atoms with Gasteiger partial charge >= 0.3 is 0 Å². The molecule has 0 unspecified atom stereocenters. The molecule has 0 saturated carbocycles. The maximum absolute atomic E-state index is 3.90. The summed E-state index contributed by atoms with van der Waals surface area (Å²) in [4.78, 5) is 0. The van der Waals surface area contributed by atoms with E-state index in [1.54, 1.807) is 6.20 Å². The van der Waals surface area contributed by atoms with Crippen molar-refractivity contribution < 1.29 is 0 Å². The predicted molar refractivity (Wildman–Crippen MR) is 36.1 cm³/mol. The minimum Gasteiger partial charge on any atom is -0.159 e. The third-order valence-electron chi connectivity index (χ3n) is 1.40. The first kappa shape index (κ1) is 6.20. The van der Waals surface area contributed by atoms with Gasteiger partial charge in [-0.1, -0.05) is 6.92 Å². The van der Waals surface area contributed by atoms with Gasteiger partial charge in [-0.05, 0) is 25.0 Å². The molecule has 1 rings (SSSR count). The van der Waals surface area contributed by atoms with Gasteiger partial charge in [0, 0.05) is 6.20 Å². The van der Waals surface area contributed by atoms with Crippen molar-refractivity contribution in [2.24, 2.45) is 0 Å². The molecule has 1 aromatic heterocycles. The van der Waals surface area contributed by atoms with Gasteiger partial charge in [-0.3, -0.25) is 0 Å². The van der Waals surface area contributed by atoms with E-state index in [1.807, 2.05) is 13.0 Å². The highest BCUT2D eigenvalue weighted by atomic mass is 15.1. The highest BCUT2D eigenvalue weighted by Crippen LogP contribution is 2.00. The summed E-state index contributed by atoms with van der Waals surface area (Å²) in [7, 11) is 0. The van der Waals surface area contributed by atoms with E-state index in [1.165, 1.54) is 5.56 Å². The minimum absolute atomic E-state index is 1.04. The number of rotatable bonds is 1. The number of hydrogen-bond acceptors (Lipinski definition) is 2. The minimum atomic E-state index is 1.04. The molecule has 0 saturated heterocycles. The molecule has 1 heterocycles. The summed E-state index contributed by atoms with van der Waals surface area (Å²) >= 11 is 0. The Balaban J connectivity index is 3.01. The van der Waals surface area contributed by atoms with Crippen LogP contribution in [0.3, 0.4) is 0 Å². The van der Waals surface area contributed by atoms with Crippen LogP contribution in [0.4, 0.5) is 0 Å². The molecule has 2 nitrogen and oxygen atoms in total. The van der Waals surface area contributed by atoms with Gasteiger partial charge in [0.05, 0.1) is 5.69 Å². The third kappa shape index (κ3) is 1.25. The normalized spacial score (nSPS) is 9.56. The Hall–Kier alpha value is -0.920. The summed E-state index contributed by atoms with van der Waals surface area (Å²) in [6.07, 6.45) is 2.77. The number of nitrogens with zero attached hydrogens (tertiary/aromatic N) is 2. The molecule has 0 radical (unpaired) electrons. The molecule has 1 aromatic rings. The summed E-state index contributed by atoms with van der Waals surface area (Å²) < 4.78 is 0. The summed E-state index contributed by atoms with van der Waals surface area (Å²) in [5, 5.41) is 7.64. The Morgan fingerprint density at radius 1 is 1.56 bits per heavy atom. The average molecular weight is 122 g/mol. The zero-order chi connectivity index (χ0) is 6.69. The Morgan fingerprint density at radius 3 is 2.78 bits per heavy atom. The van der Waals surface area contributed by atoms with Crippen molar-refractivity contribution in [3.63, 3.8) is 0 Å². The molecular formula is C7H10N2. The Kier molecular flexibility index (Phi) is 1.78. The van der Waals surface area contributed by atoms with Crippen LogP contribution in [0.5, 0.6) is 0 Å². The van der Waals surface area contributed by atoms with Gasteiger partial charge in [-0.25, -0.2) is 0 Å². The number of aromatic nitrogens is 2. The highest BCUT2D eigenvalue weighted by Gasteiger charge is 1.92. The highest BCUT2D eigenvalue weighted by molar-refractivity contribution is 5.14. The van der Waals surface area contributed by atoms with E-state index < -0.39 is 0 Å². The third-order valence-corrected chi connectivity index (χ3v) is 1.40. The van der Waals surface area contributed by atoms with Crippen molar-refractivity contribution in [3.05, 3.63) is 23.5 Å². The van der Waals surface area contributed by atoms with Gasteiger partial charge in [-0.15, -0.1) is 0 Å². The number of hydrogen-bond donors (Lipinski definition) is 0. The van der Waals surface area contributed by atoms with Crippen molar-refractivity contribution in [1.82, 2.24) is 10.2 Å². The fourth-order valence-electron chi connectivity index (χ4n) is 0.802. The molecular weight excluding hydrogens is 112 g/mol. The molecule has 0 fully saturated rings. The van der Waals surface area contributed by atoms with Crippen molar-refractivity contribution in [1.29, 1.82) is 0 Å². The second kappa shape index (κ2) is 2.58. The maximum Gasteiger partial charge on any atom is 0.0631 e. The van der Waals surface area contributed by atoms with Gasteiger partial charge in [0.25, 0.3) is 0 Å². The molecule has 0 spiro atoms. The molecule has 0 aliphatic rings.